The first kappa shape index (κ1) is 15.8. The Morgan fingerprint density at radius 2 is 1.78 bits per heavy atom. The van der Waals surface area contributed by atoms with Crippen molar-refractivity contribution in [1.29, 1.82) is 0 Å². The molecule has 6 heteroatoms. The van der Waals surface area contributed by atoms with Crippen LogP contribution in [-0.2, 0) is 6.42 Å². The topological polar surface area (TPSA) is 45.2 Å². The fourth-order valence-electron chi connectivity index (χ4n) is 2.95. The van der Waals surface area contributed by atoms with Crippen molar-refractivity contribution >= 4 is 22.9 Å². The normalized spacial score (nSPS) is 14.9. The van der Waals surface area contributed by atoms with Crippen LogP contribution in [0.15, 0.2) is 30.9 Å². The highest BCUT2D eigenvalue weighted by Crippen LogP contribution is 2.15. The number of pyridine rings is 1. The molecule has 0 saturated carbocycles. The molecule has 23 heavy (non-hydrogen) atoms. The van der Waals surface area contributed by atoms with Gasteiger partial charge in [0, 0.05) is 44.0 Å². The van der Waals surface area contributed by atoms with Crippen LogP contribution in [0.4, 0.5) is 5.69 Å². The van der Waals surface area contributed by atoms with Crippen LogP contribution in [-0.4, -0.2) is 51.0 Å². The fourth-order valence-corrected chi connectivity index (χ4v) is 3.28. The minimum absolute atomic E-state index is 0.742. The molecule has 2 aromatic heterocycles. The van der Waals surface area contributed by atoms with Gasteiger partial charge in [0.25, 0.3) is 0 Å². The molecule has 0 aliphatic carbocycles. The number of aryl methyl sites for hydroxylation is 2. The van der Waals surface area contributed by atoms with E-state index >= 15 is 0 Å². The molecule has 1 saturated heterocycles. The van der Waals surface area contributed by atoms with E-state index in [1.807, 2.05) is 19.3 Å². The van der Waals surface area contributed by atoms with Gasteiger partial charge in [0.2, 0.25) is 0 Å². The monoisotopic (exact) mass is 327 g/mol. The average Bonchev–Trinajstić information content (AvgIpc) is 2.55. The second-order valence-electron chi connectivity index (χ2n) is 5.92. The number of rotatable bonds is 3. The summed E-state index contributed by atoms with van der Waals surface area (Å²) in [5.41, 5.74) is 4.43. The van der Waals surface area contributed by atoms with Crippen LogP contribution in [0.2, 0.25) is 0 Å². The third-order valence-electron chi connectivity index (χ3n) is 4.03. The van der Waals surface area contributed by atoms with E-state index in [4.69, 9.17) is 12.2 Å². The molecule has 1 fully saturated rings. The predicted octanol–water partition coefficient (Wildman–Crippen LogP) is 2.18. The molecule has 1 aliphatic rings. The van der Waals surface area contributed by atoms with E-state index in [2.05, 4.69) is 43.8 Å². The zero-order valence-corrected chi connectivity index (χ0v) is 14.4. The Hall–Kier alpha value is -2.08. The minimum atomic E-state index is 0.742. The van der Waals surface area contributed by atoms with Gasteiger partial charge in [-0.1, -0.05) is 12.2 Å². The molecule has 0 aromatic carbocycles. The number of piperazine rings is 1. The van der Waals surface area contributed by atoms with Crippen LogP contribution in [0.1, 0.15) is 17.0 Å². The van der Waals surface area contributed by atoms with E-state index in [-0.39, 0.29) is 0 Å². The van der Waals surface area contributed by atoms with Crippen molar-refractivity contribution < 1.29 is 0 Å². The number of thiocarbonyl (C=S) groups is 1. The van der Waals surface area contributed by atoms with Gasteiger partial charge >= 0.3 is 0 Å². The molecule has 120 valence electrons. The number of hydrogen-bond acceptors (Lipinski definition) is 5. The van der Waals surface area contributed by atoms with Crippen molar-refractivity contribution in [2.45, 2.75) is 20.3 Å². The van der Waals surface area contributed by atoms with Crippen molar-refractivity contribution in [3.63, 3.8) is 0 Å². The summed E-state index contributed by atoms with van der Waals surface area (Å²) in [5, 5.41) is 0. The highest BCUT2D eigenvalue weighted by Gasteiger charge is 2.19. The summed E-state index contributed by atoms with van der Waals surface area (Å²) in [6.45, 7) is 7.86. The summed E-state index contributed by atoms with van der Waals surface area (Å²) in [5.74, 6) is 0. The molecular formula is C17H21N5S. The van der Waals surface area contributed by atoms with E-state index in [1.165, 1.54) is 5.56 Å². The molecule has 0 amide bonds. The van der Waals surface area contributed by atoms with Gasteiger partial charge in [-0.05, 0) is 31.5 Å². The lowest BCUT2D eigenvalue weighted by Crippen LogP contribution is -2.48. The predicted molar refractivity (Wildman–Crippen MR) is 95.8 cm³/mol. The van der Waals surface area contributed by atoms with Gasteiger partial charge in [0.1, 0.15) is 6.33 Å². The Balaban J connectivity index is 1.58. The Morgan fingerprint density at radius 3 is 2.43 bits per heavy atom. The molecule has 3 heterocycles. The zero-order valence-electron chi connectivity index (χ0n) is 13.6. The highest BCUT2D eigenvalue weighted by atomic mass is 32.1. The Bertz CT molecular complexity index is 660. The number of aromatic nitrogens is 3. The average molecular weight is 327 g/mol. The first-order valence-corrected chi connectivity index (χ1v) is 8.24. The van der Waals surface area contributed by atoms with Gasteiger partial charge in [0.15, 0.2) is 0 Å². The van der Waals surface area contributed by atoms with Crippen LogP contribution in [0, 0.1) is 13.8 Å². The minimum Gasteiger partial charge on any atom is -0.365 e. The van der Waals surface area contributed by atoms with Crippen LogP contribution in [0.25, 0.3) is 0 Å². The molecule has 0 N–H and O–H groups in total. The standard InChI is InChI=1S/C17H21N5S/c1-13-7-14(2)20-15(8-13)9-17(23)22-5-3-21(4-6-22)16-10-18-12-19-11-16/h7-8,10-12H,3-6,9H2,1-2H3. The maximum atomic E-state index is 5.64. The second-order valence-corrected chi connectivity index (χ2v) is 6.39. The first-order valence-electron chi connectivity index (χ1n) is 7.84. The van der Waals surface area contributed by atoms with Gasteiger partial charge in [-0.25, -0.2) is 9.97 Å². The third-order valence-corrected chi connectivity index (χ3v) is 4.43. The van der Waals surface area contributed by atoms with Crippen LogP contribution in [0.5, 0.6) is 0 Å². The van der Waals surface area contributed by atoms with Gasteiger partial charge < -0.3 is 9.80 Å². The summed E-state index contributed by atoms with van der Waals surface area (Å²) in [6, 6.07) is 4.21. The summed E-state index contributed by atoms with van der Waals surface area (Å²) in [6.07, 6.45) is 6.03. The van der Waals surface area contributed by atoms with E-state index in [0.717, 1.165) is 54.7 Å². The van der Waals surface area contributed by atoms with Gasteiger partial charge in [0.05, 0.1) is 23.1 Å². The van der Waals surface area contributed by atoms with Crippen molar-refractivity contribution in [3.05, 3.63) is 47.8 Å². The van der Waals surface area contributed by atoms with Crippen molar-refractivity contribution in [2.75, 3.05) is 31.1 Å². The van der Waals surface area contributed by atoms with Crippen molar-refractivity contribution in [3.8, 4) is 0 Å². The lowest BCUT2D eigenvalue weighted by Gasteiger charge is -2.37. The molecule has 0 spiro atoms. The van der Waals surface area contributed by atoms with Crippen molar-refractivity contribution in [1.82, 2.24) is 19.9 Å². The molecule has 0 radical (unpaired) electrons. The summed E-state index contributed by atoms with van der Waals surface area (Å²) >= 11 is 5.64. The van der Waals surface area contributed by atoms with E-state index in [9.17, 15) is 0 Å². The lowest BCUT2D eigenvalue weighted by molar-refractivity contribution is 0.386. The molecule has 0 bridgehead atoms. The molecular weight excluding hydrogens is 306 g/mol. The summed E-state index contributed by atoms with van der Waals surface area (Å²) in [7, 11) is 0. The van der Waals surface area contributed by atoms with Gasteiger partial charge in [-0.15, -0.1) is 0 Å². The van der Waals surface area contributed by atoms with Crippen LogP contribution >= 0.6 is 12.2 Å². The highest BCUT2D eigenvalue weighted by molar-refractivity contribution is 7.80. The van der Waals surface area contributed by atoms with Crippen LogP contribution < -0.4 is 4.90 Å². The Kier molecular flexibility index (Phi) is 4.81. The van der Waals surface area contributed by atoms with E-state index in [1.54, 1.807) is 6.33 Å². The largest absolute Gasteiger partial charge is 0.365 e. The molecule has 1 aliphatic heterocycles. The molecule has 2 aromatic rings. The maximum Gasteiger partial charge on any atom is 0.115 e. The molecule has 5 nitrogen and oxygen atoms in total. The molecule has 3 rings (SSSR count). The van der Waals surface area contributed by atoms with E-state index in [0.29, 0.717) is 0 Å². The van der Waals surface area contributed by atoms with Gasteiger partial charge in [-0.3, -0.25) is 4.98 Å². The van der Waals surface area contributed by atoms with Gasteiger partial charge in [-0.2, -0.15) is 0 Å². The van der Waals surface area contributed by atoms with Crippen LogP contribution in [0.3, 0.4) is 0 Å². The summed E-state index contributed by atoms with van der Waals surface area (Å²) < 4.78 is 0. The van der Waals surface area contributed by atoms with E-state index < -0.39 is 0 Å². The molecule has 0 unspecified atom stereocenters. The zero-order chi connectivity index (χ0) is 16.2. The third kappa shape index (κ3) is 4.01. The second kappa shape index (κ2) is 7.00. The Morgan fingerprint density at radius 1 is 1.09 bits per heavy atom. The van der Waals surface area contributed by atoms with Crippen molar-refractivity contribution in [2.24, 2.45) is 0 Å². The number of anilines is 1. The summed E-state index contributed by atoms with van der Waals surface area (Å²) in [4.78, 5) is 18.3. The number of nitrogens with zero attached hydrogens (tertiary/aromatic N) is 5. The lowest BCUT2D eigenvalue weighted by atomic mass is 10.1. The quantitative estimate of drug-likeness (QED) is 0.805. The maximum absolute atomic E-state index is 5.64. The first-order chi connectivity index (χ1) is 11.1. The fraction of sp³-hybridized carbons (Fsp3) is 0.412. The number of hydrogen-bond donors (Lipinski definition) is 0. The molecule has 0 atom stereocenters. The SMILES string of the molecule is Cc1cc(C)nc(CC(=S)N2CCN(c3cncnc3)CC2)c1. The smallest absolute Gasteiger partial charge is 0.115 e. The Labute approximate surface area is 142 Å².